The summed E-state index contributed by atoms with van der Waals surface area (Å²) in [4.78, 5) is 23.7. The Balaban J connectivity index is 1.98. The summed E-state index contributed by atoms with van der Waals surface area (Å²) in [6.07, 6.45) is 0.275. The number of carbonyl (C=O) groups is 2. The Hall–Kier alpha value is -2.37. The summed E-state index contributed by atoms with van der Waals surface area (Å²) in [5, 5.41) is 9.36. The first-order chi connectivity index (χ1) is 12.0. The molecule has 0 aliphatic heterocycles. The standard InChI is InChI=1S/C19H20ClNO4/c20-11-14-6-8-15(9-7-14)12-25-19(24)17(18(22)23)16(21)10-13-4-2-1-3-5-13/h1-9,16-17H,10-12,21H2,(H,22,23). The first-order valence-corrected chi connectivity index (χ1v) is 8.37. The average molecular weight is 362 g/mol. The molecule has 0 aliphatic rings. The molecular weight excluding hydrogens is 342 g/mol. The van der Waals surface area contributed by atoms with E-state index >= 15 is 0 Å². The Morgan fingerprint density at radius 3 is 2.16 bits per heavy atom. The van der Waals surface area contributed by atoms with E-state index < -0.39 is 23.9 Å². The van der Waals surface area contributed by atoms with E-state index in [9.17, 15) is 14.7 Å². The smallest absolute Gasteiger partial charge is 0.322 e. The van der Waals surface area contributed by atoms with Crippen molar-refractivity contribution in [2.24, 2.45) is 11.7 Å². The number of ether oxygens (including phenoxy) is 1. The summed E-state index contributed by atoms with van der Waals surface area (Å²) in [5.41, 5.74) is 8.53. The summed E-state index contributed by atoms with van der Waals surface area (Å²) in [6.45, 7) is -0.0107. The Labute approximate surface area is 151 Å². The van der Waals surface area contributed by atoms with Crippen LogP contribution in [-0.2, 0) is 33.2 Å². The van der Waals surface area contributed by atoms with Gasteiger partial charge < -0.3 is 15.6 Å². The fourth-order valence-corrected chi connectivity index (χ4v) is 2.61. The van der Waals surface area contributed by atoms with Crippen LogP contribution in [0.15, 0.2) is 54.6 Å². The van der Waals surface area contributed by atoms with E-state index in [1.807, 2.05) is 42.5 Å². The zero-order valence-corrected chi connectivity index (χ0v) is 14.4. The molecule has 0 amide bonds. The van der Waals surface area contributed by atoms with E-state index in [1.165, 1.54) is 0 Å². The molecule has 0 fully saturated rings. The lowest BCUT2D eigenvalue weighted by Gasteiger charge is -2.19. The quantitative estimate of drug-likeness (QED) is 0.428. The zero-order valence-electron chi connectivity index (χ0n) is 13.6. The number of carboxylic acid groups (broad SMARTS) is 1. The lowest BCUT2D eigenvalue weighted by atomic mass is 9.94. The maximum Gasteiger partial charge on any atom is 0.322 e. The average Bonchev–Trinajstić information content (AvgIpc) is 2.61. The Bertz CT molecular complexity index is 703. The Morgan fingerprint density at radius 2 is 1.60 bits per heavy atom. The van der Waals surface area contributed by atoms with Gasteiger partial charge in [0.1, 0.15) is 6.61 Å². The van der Waals surface area contributed by atoms with Crippen LogP contribution in [0.25, 0.3) is 0 Å². The number of hydrogen-bond donors (Lipinski definition) is 2. The minimum atomic E-state index is -1.41. The molecule has 6 heteroatoms. The second kappa shape index (κ2) is 9.20. The molecule has 2 rings (SSSR count). The third-order valence-corrected chi connectivity index (χ3v) is 4.13. The first kappa shape index (κ1) is 19.0. The van der Waals surface area contributed by atoms with Gasteiger partial charge in [0.05, 0.1) is 0 Å². The number of carboxylic acids is 1. The van der Waals surface area contributed by atoms with Gasteiger partial charge >= 0.3 is 11.9 Å². The van der Waals surface area contributed by atoms with E-state index in [0.29, 0.717) is 5.88 Å². The highest BCUT2D eigenvalue weighted by Crippen LogP contribution is 2.14. The van der Waals surface area contributed by atoms with Crippen molar-refractivity contribution < 1.29 is 19.4 Å². The number of benzene rings is 2. The van der Waals surface area contributed by atoms with Crippen molar-refractivity contribution in [2.45, 2.75) is 24.9 Å². The van der Waals surface area contributed by atoms with Crippen LogP contribution in [-0.4, -0.2) is 23.1 Å². The summed E-state index contributed by atoms with van der Waals surface area (Å²) >= 11 is 5.72. The van der Waals surface area contributed by atoms with E-state index in [2.05, 4.69) is 0 Å². The van der Waals surface area contributed by atoms with Gasteiger partial charge in [-0.05, 0) is 23.1 Å². The molecule has 2 unspecified atom stereocenters. The van der Waals surface area contributed by atoms with Crippen molar-refractivity contribution in [1.82, 2.24) is 0 Å². The maximum atomic E-state index is 12.2. The molecular formula is C19H20ClNO4. The van der Waals surface area contributed by atoms with Crippen molar-refractivity contribution in [3.8, 4) is 0 Å². The number of hydrogen-bond acceptors (Lipinski definition) is 4. The van der Waals surface area contributed by atoms with E-state index in [-0.39, 0.29) is 13.0 Å². The van der Waals surface area contributed by atoms with Crippen LogP contribution in [0.4, 0.5) is 0 Å². The van der Waals surface area contributed by atoms with Crippen LogP contribution in [0, 0.1) is 5.92 Å². The fraction of sp³-hybridized carbons (Fsp3) is 0.263. The van der Waals surface area contributed by atoms with Crippen LogP contribution in [0.2, 0.25) is 0 Å². The van der Waals surface area contributed by atoms with Crippen molar-refractivity contribution in [3.63, 3.8) is 0 Å². The van der Waals surface area contributed by atoms with E-state index in [0.717, 1.165) is 16.7 Å². The van der Waals surface area contributed by atoms with Gasteiger partial charge in [0.25, 0.3) is 0 Å². The number of rotatable bonds is 8. The molecule has 3 N–H and O–H groups in total. The first-order valence-electron chi connectivity index (χ1n) is 7.84. The molecule has 0 saturated carbocycles. The molecule has 0 saturated heterocycles. The van der Waals surface area contributed by atoms with Gasteiger partial charge in [-0.25, -0.2) is 0 Å². The highest BCUT2D eigenvalue weighted by Gasteiger charge is 2.34. The summed E-state index contributed by atoms with van der Waals surface area (Å²) in [5.74, 6) is -3.14. The minimum Gasteiger partial charge on any atom is -0.481 e. The van der Waals surface area contributed by atoms with Crippen molar-refractivity contribution in [2.75, 3.05) is 0 Å². The fourth-order valence-electron chi connectivity index (χ4n) is 2.43. The summed E-state index contributed by atoms with van der Waals surface area (Å²) in [6, 6.07) is 15.5. The monoisotopic (exact) mass is 361 g/mol. The van der Waals surface area contributed by atoms with Crippen LogP contribution >= 0.6 is 11.6 Å². The lowest BCUT2D eigenvalue weighted by molar-refractivity contribution is -0.160. The molecule has 0 radical (unpaired) electrons. The summed E-state index contributed by atoms with van der Waals surface area (Å²) in [7, 11) is 0. The highest BCUT2D eigenvalue weighted by atomic mass is 35.5. The van der Waals surface area contributed by atoms with Gasteiger partial charge in [-0.1, -0.05) is 54.6 Å². The second-order valence-electron chi connectivity index (χ2n) is 5.73. The molecule has 0 aliphatic carbocycles. The largest absolute Gasteiger partial charge is 0.481 e. The van der Waals surface area contributed by atoms with E-state index in [4.69, 9.17) is 22.1 Å². The Kier molecular flexibility index (Phi) is 6.98. The topological polar surface area (TPSA) is 89.6 Å². The highest BCUT2D eigenvalue weighted by molar-refractivity contribution is 6.17. The molecule has 2 aromatic carbocycles. The molecule has 5 nitrogen and oxygen atoms in total. The molecule has 25 heavy (non-hydrogen) atoms. The third-order valence-electron chi connectivity index (χ3n) is 3.82. The third kappa shape index (κ3) is 5.59. The molecule has 0 spiro atoms. The van der Waals surface area contributed by atoms with Crippen LogP contribution in [0.3, 0.4) is 0 Å². The van der Waals surface area contributed by atoms with Gasteiger partial charge in [0.15, 0.2) is 5.92 Å². The predicted octanol–water partition coefficient (Wildman–Crippen LogP) is 2.74. The van der Waals surface area contributed by atoms with Gasteiger partial charge in [-0.2, -0.15) is 0 Å². The SMILES string of the molecule is NC(Cc1ccccc1)C(C(=O)O)C(=O)OCc1ccc(CCl)cc1. The molecule has 0 aromatic heterocycles. The van der Waals surface area contributed by atoms with Crippen LogP contribution in [0.5, 0.6) is 0 Å². The molecule has 2 aromatic rings. The lowest BCUT2D eigenvalue weighted by Crippen LogP contribution is -2.43. The van der Waals surface area contributed by atoms with Crippen molar-refractivity contribution in [1.29, 1.82) is 0 Å². The maximum absolute atomic E-state index is 12.2. The zero-order chi connectivity index (χ0) is 18.2. The number of esters is 1. The van der Waals surface area contributed by atoms with Crippen molar-refractivity contribution >= 4 is 23.5 Å². The van der Waals surface area contributed by atoms with Gasteiger partial charge in [0.2, 0.25) is 0 Å². The van der Waals surface area contributed by atoms with Crippen molar-refractivity contribution in [3.05, 3.63) is 71.3 Å². The van der Waals surface area contributed by atoms with Gasteiger partial charge in [-0.3, -0.25) is 9.59 Å². The number of carbonyl (C=O) groups excluding carboxylic acids is 1. The Morgan fingerprint density at radius 1 is 1.00 bits per heavy atom. The molecule has 2 atom stereocenters. The molecule has 0 heterocycles. The number of alkyl halides is 1. The van der Waals surface area contributed by atoms with Crippen LogP contribution in [0.1, 0.15) is 16.7 Å². The summed E-state index contributed by atoms with van der Waals surface area (Å²) < 4.78 is 5.15. The molecule has 0 bridgehead atoms. The number of halogens is 1. The van der Waals surface area contributed by atoms with Gasteiger partial charge in [-0.15, -0.1) is 11.6 Å². The predicted molar refractivity (Wildman–Crippen MR) is 95.0 cm³/mol. The van der Waals surface area contributed by atoms with Crippen LogP contribution < -0.4 is 5.73 Å². The van der Waals surface area contributed by atoms with E-state index in [1.54, 1.807) is 12.1 Å². The number of aliphatic carboxylic acids is 1. The second-order valence-corrected chi connectivity index (χ2v) is 5.99. The molecule has 132 valence electrons. The van der Waals surface area contributed by atoms with Gasteiger partial charge in [0, 0.05) is 11.9 Å². The minimum absolute atomic E-state index is 0.0107. The normalized spacial score (nSPS) is 13.0. The number of nitrogens with two attached hydrogens (primary N) is 1.